The highest BCUT2D eigenvalue weighted by atomic mass is 19.1. The van der Waals surface area contributed by atoms with Crippen molar-refractivity contribution in [3.8, 4) is 11.1 Å². The van der Waals surface area contributed by atoms with E-state index < -0.39 is 11.7 Å². The van der Waals surface area contributed by atoms with Gasteiger partial charge in [0, 0.05) is 27.1 Å². The molecule has 0 aliphatic carbocycles. The molecule has 2 aromatic carbocycles. The highest BCUT2D eigenvalue weighted by molar-refractivity contribution is 5.95. The average Bonchev–Trinajstić information content (AvgIpc) is 2.56. The molecule has 2 rings (SSSR count). The number of benzene rings is 2. The molecule has 0 fully saturated rings. The Morgan fingerprint density at radius 1 is 1.00 bits per heavy atom. The van der Waals surface area contributed by atoms with Crippen LogP contribution >= 0.6 is 0 Å². The van der Waals surface area contributed by atoms with E-state index in [9.17, 15) is 14.0 Å². The van der Waals surface area contributed by atoms with Crippen LogP contribution in [0.4, 0.5) is 4.39 Å². The zero-order chi connectivity index (χ0) is 18.6. The largest absolute Gasteiger partial charge is 0.351 e. The van der Waals surface area contributed by atoms with Crippen molar-refractivity contribution in [2.75, 3.05) is 20.6 Å². The van der Waals surface area contributed by atoms with Crippen molar-refractivity contribution in [2.24, 2.45) is 0 Å². The van der Waals surface area contributed by atoms with Gasteiger partial charge in [0.1, 0.15) is 5.82 Å². The summed E-state index contributed by atoms with van der Waals surface area (Å²) in [4.78, 5) is 25.0. The summed E-state index contributed by atoms with van der Waals surface area (Å²) < 4.78 is 14.3. The summed E-state index contributed by atoms with van der Waals surface area (Å²) in [7, 11) is 3.30. The van der Waals surface area contributed by atoms with Gasteiger partial charge in [0.25, 0.3) is 5.91 Å². The molecule has 0 atom stereocenters. The Morgan fingerprint density at radius 3 is 2.24 bits per heavy atom. The Balaban J connectivity index is 2.09. The third-order valence-corrected chi connectivity index (χ3v) is 4.18. The van der Waals surface area contributed by atoms with E-state index in [1.54, 1.807) is 20.2 Å². The number of hydrogen-bond acceptors (Lipinski definition) is 2. The highest BCUT2D eigenvalue weighted by Crippen LogP contribution is 2.24. The average molecular weight is 342 g/mol. The number of carbonyl (C=O) groups is 2. The quantitative estimate of drug-likeness (QED) is 0.906. The van der Waals surface area contributed by atoms with Gasteiger partial charge in [-0.05, 0) is 48.2 Å². The summed E-state index contributed by atoms with van der Waals surface area (Å²) in [5.74, 6) is -1.19. The first-order valence-electron chi connectivity index (χ1n) is 8.15. The van der Waals surface area contributed by atoms with E-state index in [2.05, 4.69) is 5.32 Å². The summed E-state index contributed by atoms with van der Waals surface area (Å²) in [6, 6.07) is 10.5. The predicted molar refractivity (Wildman–Crippen MR) is 97.0 cm³/mol. The summed E-state index contributed by atoms with van der Waals surface area (Å²) in [6.07, 6.45) is 0.182. The van der Waals surface area contributed by atoms with Crippen molar-refractivity contribution < 1.29 is 14.0 Å². The van der Waals surface area contributed by atoms with Crippen molar-refractivity contribution in [1.29, 1.82) is 0 Å². The fourth-order valence-electron chi connectivity index (χ4n) is 2.40. The Kier molecular flexibility index (Phi) is 5.91. The lowest BCUT2D eigenvalue weighted by atomic mass is 9.99. The van der Waals surface area contributed by atoms with Crippen molar-refractivity contribution in [3.63, 3.8) is 0 Å². The lowest BCUT2D eigenvalue weighted by Gasteiger charge is -2.11. The Morgan fingerprint density at radius 2 is 1.64 bits per heavy atom. The van der Waals surface area contributed by atoms with Crippen LogP contribution in [0, 0.1) is 19.7 Å². The molecule has 25 heavy (non-hydrogen) atoms. The molecule has 132 valence electrons. The molecule has 0 radical (unpaired) electrons. The fraction of sp³-hybridized carbons (Fsp3) is 0.300. The summed E-state index contributed by atoms with van der Waals surface area (Å²) in [5.41, 5.74) is 3.91. The first kappa shape index (κ1) is 18.6. The van der Waals surface area contributed by atoms with Crippen LogP contribution in [0.1, 0.15) is 27.9 Å². The summed E-state index contributed by atoms with van der Waals surface area (Å²) >= 11 is 0. The van der Waals surface area contributed by atoms with Crippen LogP contribution in [-0.2, 0) is 4.79 Å². The third kappa shape index (κ3) is 4.66. The van der Waals surface area contributed by atoms with E-state index in [1.807, 2.05) is 32.0 Å². The van der Waals surface area contributed by atoms with Gasteiger partial charge < -0.3 is 10.2 Å². The molecule has 1 N–H and O–H groups in total. The minimum absolute atomic E-state index is 0.0233. The van der Waals surface area contributed by atoms with Crippen molar-refractivity contribution in [1.82, 2.24) is 10.2 Å². The number of nitrogens with zero attached hydrogens (tertiary/aromatic N) is 1. The zero-order valence-electron chi connectivity index (χ0n) is 15.0. The van der Waals surface area contributed by atoms with E-state index in [1.165, 1.54) is 22.6 Å². The minimum Gasteiger partial charge on any atom is -0.351 e. The second kappa shape index (κ2) is 7.92. The molecule has 0 bridgehead atoms. The maximum Gasteiger partial charge on any atom is 0.254 e. The first-order valence-corrected chi connectivity index (χ1v) is 8.15. The monoisotopic (exact) mass is 342 g/mol. The second-order valence-electron chi connectivity index (χ2n) is 6.29. The number of aryl methyl sites for hydroxylation is 2. The van der Waals surface area contributed by atoms with Crippen LogP contribution < -0.4 is 5.32 Å². The SMILES string of the molecule is Cc1ccc(-c2ccc(C(=O)NCCC(=O)N(C)C)c(F)c2)cc1C. The molecule has 0 saturated carbocycles. The maximum atomic E-state index is 14.3. The van der Waals surface area contributed by atoms with Crippen LogP contribution in [0.3, 0.4) is 0 Å². The van der Waals surface area contributed by atoms with Crippen LogP contribution in [0.15, 0.2) is 36.4 Å². The van der Waals surface area contributed by atoms with Crippen LogP contribution in [-0.4, -0.2) is 37.4 Å². The van der Waals surface area contributed by atoms with Gasteiger partial charge in [0.05, 0.1) is 5.56 Å². The fourth-order valence-corrected chi connectivity index (χ4v) is 2.40. The number of rotatable bonds is 5. The van der Waals surface area contributed by atoms with E-state index in [0.717, 1.165) is 16.7 Å². The normalized spacial score (nSPS) is 10.4. The summed E-state index contributed by atoms with van der Waals surface area (Å²) in [6.45, 7) is 4.20. The van der Waals surface area contributed by atoms with Gasteiger partial charge in [-0.2, -0.15) is 0 Å². The number of nitrogens with one attached hydrogen (secondary N) is 1. The Bertz CT molecular complexity index is 800. The molecule has 2 aromatic rings. The lowest BCUT2D eigenvalue weighted by Crippen LogP contribution is -2.30. The molecular weight excluding hydrogens is 319 g/mol. The standard InChI is InChI=1S/C20H23FN2O2/c1-13-5-6-15(11-14(13)2)16-7-8-17(18(21)12-16)20(25)22-10-9-19(24)23(3)4/h5-8,11-12H,9-10H2,1-4H3,(H,22,25). The number of amides is 2. The number of halogens is 1. The molecule has 0 saturated heterocycles. The summed E-state index contributed by atoms with van der Waals surface area (Å²) in [5, 5.41) is 2.57. The van der Waals surface area contributed by atoms with Gasteiger partial charge in [0.2, 0.25) is 5.91 Å². The molecule has 0 aliphatic rings. The topological polar surface area (TPSA) is 49.4 Å². The van der Waals surface area contributed by atoms with Gasteiger partial charge in [-0.25, -0.2) is 4.39 Å². The number of hydrogen-bond donors (Lipinski definition) is 1. The zero-order valence-corrected chi connectivity index (χ0v) is 15.0. The molecule has 5 heteroatoms. The van der Waals surface area contributed by atoms with Gasteiger partial charge in [-0.1, -0.05) is 24.3 Å². The lowest BCUT2D eigenvalue weighted by molar-refractivity contribution is -0.128. The van der Waals surface area contributed by atoms with Gasteiger partial charge in [-0.15, -0.1) is 0 Å². The molecule has 0 spiro atoms. The third-order valence-electron chi connectivity index (χ3n) is 4.18. The molecule has 0 aliphatic heterocycles. The first-order chi connectivity index (χ1) is 11.8. The van der Waals surface area contributed by atoms with Crippen molar-refractivity contribution in [3.05, 3.63) is 58.9 Å². The molecule has 4 nitrogen and oxygen atoms in total. The maximum absolute atomic E-state index is 14.3. The predicted octanol–water partition coefficient (Wildman–Crippen LogP) is 3.32. The molecule has 0 heterocycles. The Hall–Kier alpha value is -2.69. The second-order valence-corrected chi connectivity index (χ2v) is 6.29. The van der Waals surface area contributed by atoms with E-state index in [0.29, 0.717) is 0 Å². The van der Waals surface area contributed by atoms with E-state index >= 15 is 0 Å². The van der Waals surface area contributed by atoms with E-state index in [4.69, 9.17) is 0 Å². The highest BCUT2D eigenvalue weighted by Gasteiger charge is 2.13. The minimum atomic E-state index is -0.577. The molecule has 2 amide bonds. The molecule has 0 aromatic heterocycles. The molecular formula is C20H23FN2O2. The van der Waals surface area contributed by atoms with Crippen molar-refractivity contribution in [2.45, 2.75) is 20.3 Å². The Labute approximate surface area is 147 Å². The van der Waals surface area contributed by atoms with Crippen LogP contribution in [0.5, 0.6) is 0 Å². The van der Waals surface area contributed by atoms with Gasteiger partial charge in [-0.3, -0.25) is 9.59 Å². The van der Waals surface area contributed by atoms with Crippen LogP contribution in [0.2, 0.25) is 0 Å². The van der Waals surface area contributed by atoms with Crippen LogP contribution in [0.25, 0.3) is 11.1 Å². The van der Waals surface area contributed by atoms with Gasteiger partial charge in [0.15, 0.2) is 0 Å². The van der Waals surface area contributed by atoms with E-state index in [-0.39, 0.29) is 24.4 Å². The van der Waals surface area contributed by atoms with Crippen molar-refractivity contribution >= 4 is 11.8 Å². The molecule has 0 unspecified atom stereocenters. The van der Waals surface area contributed by atoms with Gasteiger partial charge >= 0.3 is 0 Å². The smallest absolute Gasteiger partial charge is 0.254 e. The number of carbonyl (C=O) groups excluding carboxylic acids is 2.